The van der Waals surface area contributed by atoms with Gasteiger partial charge in [0.1, 0.15) is 17.0 Å². The Balaban J connectivity index is 1.49. The maximum atomic E-state index is 15.1. The fourth-order valence-corrected chi connectivity index (χ4v) is 4.38. The number of hydrogen-bond donors (Lipinski definition) is 2. The van der Waals surface area contributed by atoms with Gasteiger partial charge in [-0.1, -0.05) is 12.6 Å². The van der Waals surface area contributed by atoms with Gasteiger partial charge in [-0.15, -0.1) is 0 Å². The molecule has 1 saturated heterocycles. The third-order valence-corrected chi connectivity index (χ3v) is 6.42. The number of aryl methyl sites for hydroxylation is 1. The number of piperazine rings is 1. The highest BCUT2D eigenvalue weighted by Crippen LogP contribution is 2.26. The van der Waals surface area contributed by atoms with Crippen LogP contribution in [-0.4, -0.2) is 63.6 Å². The highest BCUT2D eigenvalue weighted by Gasteiger charge is 2.17. The first kappa shape index (κ1) is 25.0. The Morgan fingerprint density at radius 3 is 2.61 bits per heavy atom. The van der Waals surface area contributed by atoms with E-state index in [1.54, 1.807) is 41.8 Å². The van der Waals surface area contributed by atoms with Crippen molar-refractivity contribution in [3.8, 4) is 5.69 Å². The van der Waals surface area contributed by atoms with Gasteiger partial charge in [0.05, 0.1) is 11.4 Å². The van der Waals surface area contributed by atoms with Crippen LogP contribution in [0.5, 0.6) is 0 Å². The molecule has 1 aliphatic rings. The number of halogens is 1. The van der Waals surface area contributed by atoms with Crippen molar-refractivity contribution < 1.29 is 9.18 Å². The Bertz CT molecular complexity index is 1590. The molecule has 0 atom stereocenters. The minimum absolute atomic E-state index is 0.124. The van der Waals surface area contributed by atoms with Crippen LogP contribution in [0.1, 0.15) is 5.82 Å². The lowest BCUT2D eigenvalue weighted by atomic mass is 10.2. The summed E-state index contributed by atoms with van der Waals surface area (Å²) in [6.45, 7) is 8.66. The second-order valence-corrected chi connectivity index (χ2v) is 9.05. The zero-order valence-electron chi connectivity index (χ0n) is 21.1. The number of carbonyl (C=O) groups is 1. The highest BCUT2D eigenvalue weighted by atomic mass is 19.1. The van der Waals surface area contributed by atoms with E-state index in [9.17, 15) is 9.59 Å². The van der Waals surface area contributed by atoms with Gasteiger partial charge in [-0.05, 0) is 56.4 Å². The molecule has 0 aliphatic carbocycles. The molecular weight excluding hydrogens is 487 g/mol. The monoisotopic (exact) mass is 514 g/mol. The lowest BCUT2D eigenvalue weighted by molar-refractivity contribution is -0.111. The Hall–Kier alpha value is -4.64. The van der Waals surface area contributed by atoms with Gasteiger partial charge >= 0.3 is 0 Å². The van der Waals surface area contributed by atoms with Crippen LogP contribution in [-0.2, 0) is 4.79 Å². The van der Waals surface area contributed by atoms with E-state index in [2.05, 4.69) is 49.0 Å². The van der Waals surface area contributed by atoms with E-state index in [0.29, 0.717) is 22.8 Å². The lowest BCUT2D eigenvalue weighted by Crippen LogP contribution is -2.44. The van der Waals surface area contributed by atoms with Crippen molar-refractivity contribution in [2.24, 2.45) is 0 Å². The Kier molecular flexibility index (Phi) is 6.84. The summed E-state index contributed by atoms with van der Waals surface area (Å²) < 4.78 is 16.8. The average Bonchev–Trinajstić information content (AvgIpc) is 2.90. The first-order chi connectivity index (χ1) is 18.3. The molecule has 2 aromatic heterocycles. The molecule has 1 fully saturated rings. The molecule has 4 aromatic rings. The van der Waals surface area contributed by atoms with E-state index < -0.39 is 11.4 Å². The highest BCUT2D eigenvalue weighted by molar-refractivity contribution is 5.99. The van der Waals surface area contributed by atoms with Crippen LogP contribution in [0.25, 0.3) is 16.7 Å². The molecule has 0 bridgehead atoms. The van der Waals surface area contributed by atoms with Crippen molar-refractivity contribution in [3.05, 3.63) is 83.3 Å². The zero-order chi connectivity index (χ0) is 26.8. The molecule has 1 aliphatic heterocycles. The first-order valence-electron chi connectivity index (χ1n) is 12.1. The largest absolute Gasteiger partial charge is 0.369 e. The van der Waals surface area contributed by atoms with Crippen LogP contribution in [0.3, 0.4) is 0 Å². The number of nitrogens with zero attached hydrogens (tertiary/aromatic N) is 6. The maximum Gasteiger partial charge on any atom is 0.284 e. The maximum absolute atomic E-state index is 15.1. The van der Waals surface area contributed by atoms with E-state index in [1.807, 2.05) is 6.07 Å². The minimum atomic E-state index is -0.473. The van der Waals surface area contributed by atoms with E-state index in [-0.39, 0.29) is 22.9 Å². The molecule has 10 nitrogen and oxygen atoms in total. The molecule has 0 unspecified atom stereocenters. The molecule has 5 rings (SSSR count). The molecule has 38 heavy (non-hydrogen) atoms. The summed E-state index contributed by atoms with van der Waals surface area (Å²) in [4.78, 5) is 41.7. The number of anilines is 4. The van der Waals surface area contributed by atoms with Gasteiger partial charge in [0, 0.05) is 43.8 Å². The number of carbonyl (C=O) groups excluding carboxylic acids is 1. The Labute approximate surface area is 218 Å². The molecule has 0 radical (unpaired) electrons. The summed E-state index contributed by atoms with van der Waals surface area (Å²) >= 11 is 0. The first-order valence-corrected chi connectivity index (χ1v) is 12.1. The SMILES string of the molecule is C=CC(=O)Nc1cccc(-n2c(C)nc(=O)c3cnc(Nc4ccc(N5CCN(C)CC5)cc4F)nc32)c1. The van der Waals surface area contributed by atoms with Gasteiger partial charge < -0.3 is 20.4 Å². The number of nitrogens with one attached hydrogen (secondary N) is 2. The van der Waals surface area contributed by atoms with Gasteiger partial charge in [-0.2, -0.15) is 9.97 Å². The summed E-state index contributed by atoms with van der Waals surface area (Å²) in [5.74, 6) is -0.268. The molecule has 2 N–H and O–H groups in total. The number of benzene rings is 2. The van der Waals surface area contributed by atoms with Crippen LogP contribution < -0.4 is 21.1 Å². The van der Waals surface area contributed by atoms with Crippen molar-refractivity contribution in [2.45, 2.75) is 6.92 Å². The number of fused-ring (bicyclic) bond motifs is 1. The van der Waals surface area contributed by atoms with Crippen molar-refractivity contribution in [3.63, 3.8) is 0 Å². The van der Waals surface area contributed by atoms with Gasteiger partial charge in [0.2, 0.25) is 11.9 Å². The quantitative estimate of drug-likeness (QED) is 0.378. The minimum Gasteiger partial charge on any atom is -0.369 e. The molecule has 0 spiro atoms. The van der Waals surface area contributed by atoms with E-state index in [4.69, 9.17) is 0 Å². The van der Waals surface area contributed by atoms with E-state index >= 15 is 4.39 Å². The van der Waals surface area contributed by atoms with Crippen LogP contribution >= 0.6 is 0 Å². The van der Waals surface area contributed by atoms with Gasteiger partial charge in [-0.3, -0.25) is 14.2 Å². The standard InChI is InChI=1S/C27H27FN8O2/c1-4-24(37)31-18-6-5-7-20(14-18)36-17(2)30-26(38)21-16-29-27(33-25(21)36)32-23-9-8-19(15-22(23)28)35-12-10-34(3)11-13-35/h4-9,14-16H,1,10-13H2,2-3H3,(H,31,37)(H,29,32,33). The fraction of sp³-hybridized carbons (Fsp3) is 0.222. The number of hydrogen-bond acceptors (Lipinski definition) is 8. The summed E-state index contributed by atoms with van der Waals surface area (Å²) in [5, 5.41) is 5.85. The van der Waals surface area contributed by atoms with Crippen molar-refractivity contribution in [1.29, 1.82) is 0 Å². The van der Waals surface area contributed by atoms with E-state index in [1.165, 1.54) is 18.3 Å². The fourth-order valence-electron chi connectivity index (χ4n) is 4.38. The topological polar surface area (TPSA) is 108 Å². The van der Waals surface area contributed by atoms with Gasteiger partial charge in [-0.25, -0.2) is 9.37 Å². The number of amides is 1. The van der Waals surface area contributed by atoms with Crippen LogP contribution in [0.4, 0.5) is 27.4 Å². The van der Waals surface area contributed by atoms with Crippen LogP contribution in [0.15, 0.2) is 66.1 Å². The summed E-state index contributed by atoms with van der Waals surface area (Å²) in [7, 11) is 2.07. The predicted octanol–water partition coefficient (Wildman–Crippen LogP) is 3.24. The van der Waals surface area contributed by atoms with Crippen molar-refractivity contribution in [2.75, 3.05) is 48.8 Å². The third kappa shape index (κ3) is 5.09. The second-order valence-electron chi connectivity index (χ2n) is 9.05. The Morgan fingerprint density at radius 2 is 1.87 bits per heavy atom. The average molecular weight is 515 g/mol. The molecule has 0 saturated carbocycles. The third-order valence-electron chi connectivity index (χ3n) is 6.42. The predicted molar refractivity (Wildman–Crippen MR) is 146 cm³/mol. The molecule has 2 aromatic carbocycles. The van der Waals surface area contributed by atoms with Gasteiger partial charge in [0.25, 0.3) is 5.56 Å². The van der Waals surface area contributed by atoms with Crippen LogP contribution in [0, 0.1) is 12.7 Å². The Morgan fingerprint density at radius 1 is 1.08 bits per heavy atom. The molecule has 3 heterocycles. The summed E-state index contributed by atoms with van der Waals surface area (Å²) in [6, 6.07) is 12.0. The molecule has 11 heteroatoms. The normalized spacial score (nSPS) is 13.9. The zero-order valence-corrected chi connectivity index (χ0v) is 21.1. The van der Waals surface area contributed by atoms with Crippen molar-refractivity contribution >= 4 is 40.0 Å². The number of likely N-dealkylation sites (N-methyl/N-ethyl adjacent to an activating group) is 1. The summed E-state index contributed by atoms with van der Waals surface area (Å²) in [6.07, 6.45) is 2.55. The smallest absolute Gasteiger partial charge is 0.284 e. The number of rotatable bonds is 6. The second kappa shape index (κ2) is 10.4. The van der Waals surface area contributed by atoms with Crippen LogP contribution in [0.2, 0.25) is 0 Å². The summed E-state index contributed by atoms with van der Waals surface area (Å²) in [5.41, 5.74) is 2.01. The lowest BCUT2D eigenvalue weighted by Gasteiger charge is -2.34. The molecule has 194 valence electrons. The van der Waals surface area contributed by atoms with Gasteiger partial charge in [0.15, 0.2) is 5.65 Å². The van der Waals surface area contributed by atoms with Crippen molar-refractivity contribution in [1.82, 2.24) is 24.4 Å². The molecule has 1 amide bonds. The number of aromatic nitrogens is 4. The van der Waals surface area contributed by atoms with E-state index in [0.717, 1.165) is 31.9 Å². The molecular formula is C27H27FN8O2.